The van der Waals surface area contributed by atoms with E-state index in [0.717, 1.165) is 30.3 Å². The van der Waals surface area contributed by atoms with Crippen molar-refractivity contribution in [2.24, 2.45) is 0 Å². The van der Waals surface area contributed by atoms with Crippen molar-refractivity contribution in [1.29, 1.82) is 0 Å². The molecule has 2 rings (SSSR count). The first-order chi connectivity index (χ1) is 7.40. The molecule has 15 heavy (non-hydrogen) atoms. The average Bonchev–Trinajstić information content (AvgIpc) is 2.71. The highest BCUT2D eigenvalue weighted by Crippen LogP contribution is 2.34. The van der Waals surface area contributed by atoms with Gasteiger partial charge in [0, 0.05) is 12.6 Å². The Morgan fingerprint density at radius 3 is 3.07 bits per heavy atom. The second-order valence-corrected chi connectivity index (χ2v) is 3.22. The summed E-state index contributed by atoms with van der Waals surface area (Å²) in [6, 6.07) is 5.61. The van der Waals surface area contributed by atoms with Crippen molar-refractivity contribution in [2.75, 3.05) is 26.5 Å². The van der Waals surface area contributed by atoms with Crippen LogP contribution in [-0.4, -0.2) is 26.5 Å². The van der Waals surface area contributed by atoms with Crippen LogP contribution in [0.1, 0.15) is 6.92 Å². The van der Waals surface area contributed by atoms with Crippen molar-refractivity contribution in [3.05, 3.63) is 18.2 Å². The maximum Gasteiger partial charge on any atom is 0.231 e. The van der Waals surface area contributed by atoms with Crippen molar-refractivity contribution in [1.82, 2.24) is 5.32 Å². The zero-order valence-electron chi connectivity index (χ0n) is 8.79. The van der Waals surface area contributed by atoms with Gasteiger partial charge in [-0.25, -0.2) is 0 Å². The van der Waals surface area contributed by atoms with Crippen molar-refractivity contribution in [2.45, 2.75) is 6.92 Å². The summed E-state index contributed by atoms with van der Waals surface area (Å²) in [5.41, 5.74) is 0. The summed E-state index contributed by atoms with van der Waals surface area (Å²) in [4.78, 5) is 0. The predicted molar refractivity (Wildman–Crippen MR) is 56.6 cm³/mol. The lowest BCUT2D eigenvalue weighted by atomic mass is 10.3. The van der Waals surface area contributed by atoms with E-state index in [0.29, 0.717) is 13.4 Å². The van der Waals surface area contributed by atoms with E-state index >= 15 is 0 Å². The molecule has 1 N–H and O–H groups in total. The fourth-order valence-corrected chi connectivity index (χ4v) is 1.38. The largest absolute Gasteiger partial charge is 0.492 e. The average molecular weight is 209 g/mol. The highest BCUT2D eigenvalue weighted by atomic mass is 16.7. The second kappa shape index (κ2) is 4.89. The SMILES string of the molecule is CCNCCOc1ccc2c(c1)OCO2. The zero-order chi connectivity index (χ0) is 10.5. The molecule has 0 amide bonds. The van der Waals surface area contributed by atoms with Crippen molar-refractivity contribution < 1.29 is 14.2 Å². The Kier molecular flexibility index (Phi) is 3.29. The molecule has 4 heteroatoms. The Hall–Kier alpha value is -1.42. The Morgan fingerprint density at radius 1 is 1.33 bits per heavy atom. The van der Waals surface area contributed by atoms with Crippen molar-refractivity contribution in [3.8, 4) is 17.2 Å². The van der Waals surface area contributed by atoms with Crippen LogP contribution in [0.2, 0.25) is 0 Å². The van der Waals surface area contributed by atoms with Crippen molar-refractivity contribution in [3.63, 3.8) is 0 Å². The lowest BCUT2D eigenvalue weighted by Crippen LogP contribution is -2.20. The molecule has 0 atom stereocenters. The third-order valence-corrected chi connectivity index (χ3v) is 2.14. The standard InChI is InChI=1S/C11H15NO3/c1-2-12-5-6-13-9-3-4-10-11(7-9)15-8-14-10/h3-4,7,12H,2,5-6,8H2,1H3. The number of ether oxygens (including phenoxy) is 3. The van der Waals surface area contributed by atoms with Gasteiger partial charge in [-0.15, -0.1) is 0 Å². The van der Waals surface area contributed by atoms with Crippen LogP contribution in [0.15, 0.2) is 18.2 Å². The monoisotopic (exact) mass is 209 g/mol. The van der Waals surface area contributed by atoms with Crippen LogP contribution in [0.25, 0.3) is 0 Å². The molecule has 82 valence electrons. The molecule has 1 aliphatic heterocycles. The van der Waals surface area contributed by atoms with Gasteiger partial charge in [0.05, 0.1) is 0 Å². The summed E-state index contributed by atoms with van der Waals surface area (Å²) >= 11 is 0. The van der Waals surface area contributed by atoms with E-state index in [9.17, 15) is 0 Å². The van der Waals surface area contributed by atoms with Crippen LogP contribution in [-0.2, 0) is 0 Å². The molecule has 0 radical (unpaired) electrons. The predicted octanol–water partition coefficient (Wildman–Crippen LogP) is 1.40. The maximum atomic E-state index is 5.54. The molecule has 1 aromatic carbocycles. The Labute approximate surface area is 89.1 Å². The second-order valence-electron chi connectivity index (χ2n) is 3.22. The third-order valence-electron chi connectivity index (χ3n) is 2.14. The number of benzene rings is 1. The minimum Gasteiger partial charge on any atom is -0.492 e. The van der Waals surface area contributed by atoms with Gasteiger partial charge in [-0.05, 0) is 18.7 Å². The van der Waals surface area contributed by atoms with Gasteiger partial charge in [0.25, 0.3) is 0 Å². The first-order valence-corrected chi connectivity index (χ1v) is 5.13. The van der Waals surface area contributed by atoms with Gasteiger partial charge >= 0.3 is 0 Å². The van der Waals surface area contributed by atoms with E-state index in [1.165, 1.54) is 0 Å². The number of fused-ring (bicyclic) bond motifs is 1. The Morgan fingerprint density at radius 2 is 2.20 bits per heavy atom. The number of likely N-dealkylation sites (N-methyl/N-ethyl adjacent to an activating group) is 1. The van der Waals surface area contributed by atoms with Crippen LogP contribution in [0.3, 0.4) is 0 Å². The molecule has 0 bridgehead atoms. The highest BCUT2D eigenvalue weighted by molar-refractivity contribution is 5.46. The van der Waals surface area contributed by atoms with Crippen LogP contribution >= 0.6 is 0 Å². The maximum absolute atomic E-state index is 5.54. The van der Waals surface area contributed by atoms with Crippen LogP contribution in [0.5, 0.6) is 17.2 Å². The minimum atomic E-state index is 0.302. The Bertz CT molecular complexity index is 328. The number of rotatable bonds is 5. The van der Waals surface area contributed by atoms with E-state index in [4.69, 9.17) is 14.2 Å². The molecule has 0 aromatic heterocycles. The first-order valence-electron chi connectivity index (χ1n) is 5.13. The molecule has 4 nitrogen and oxygen atoms in total. The van der Waals surface area contributed by atoms with Gasteiger partial charge in [-0.3, -0.25) is 0 Å². The summed E-state index contributed by atoms with van der Waals surface area (Å²) < 4.78 is 16.0. The molecule has 0 spiro atoms. The highest BCUT2D eigenvalue weighted by Gasteiger charge is 2.13. The first kappa shape index (κ1) is 10.1. The van der Waals surface area contributed by atoms with Crippen LogP contribution < -0.4 is 19.5 Å². The summed E-state index contributed by atoms with van der Waals surface area (Å²) in [5, 5.41) is 3.19. The van der Waals surface area contributed by atoms with Crippen molar-refractivity contribution >= 4 is 0 Å². The summed E-state index contributed by atoms with van der Waals surface area (Å²) in [7, 11) is 0. The molecule has 0 aliphatic carbocycles. The summed E-state index contributed by atoms with van der Waals surface area (Å²) in [6.07, 6.45) is 0. The quantitative estimate of drug-likeness (QED) is 0.744. The molecule has 1 aliphatic rings. The van der Waals surface area contributed by atoms with E-state index < -0.39 is 0 Å². The van der Waals surface area contributed by atoms with Gasteiger partial charge in [0.1, 0.15) is 12.4 Å². The van der Waals surface area contributed by atoms with E-state index in [1.807, 2.05) is 18.2 Å². The zero-order valence-corrected chi connectivity index (χ0v) is 8.79. The van der Waals surface area contributed by atoms with E-state index in [1.54, 1.807) is 0 Å². The van der Waals surface area contributed by atoms with Gasteiger partial charge in [0.15, 0.2) is 11.5 Å². The molecular weight excluding hydrogens is 194 g/mol. The minimum absolute atomic E-state index is 0.302. The van der Waals surface area contributed by atoms with Gasteiger partial charge in [0.2, 0.25) is 6.79 Å². The lowest BCUT2D eigenvalue weighted by Gasteiger charge is -2.06. The summed E-state index contributed by atoms with van der Waals surface area (Å²) in [5.74, 6) is 2.36. The number of hydrogen-bond acceptors (Lipinski definition) is 4. The number of hydrogen-bond donors (Lipinski definition) is 1. The summed E-state index contributed by atoms with van der Waals surface area (Å²) in [6.45, 7) is 4.85. The van der Waals surface area contributed by atoms with E-state index in [-0.39, 0.29) is 0 Å². The van der Waals surface area contributed by atoms with Gasteiger partial charge < -0.3 is 19.5 Å². The van der Waals surface area contributed by atoms with Gasteiger partial charge in [-0.1, -0.05) is 6.92 Å². The van der Waals surface area contributed by atoms with E-state index in [2.05, 4.69) is 12.2 Å². The molecule has 0 saturated carbocycles. The lowest BCUT2D eigenvalue weighted by molar-refractivity contribution is 0.173. The van der Waals surface area contributed by atoms with Crippen LogP contribution in [0, 0.1) is 0 Å². The molecule has 0 unspecified atom stereocenters. The Balaban J connectivity index is 1.87. The smallest absolute Gasteiger partial charge is 0.231 e. The molecule has 0 saturated heterocycles. The number of nitrogens with one attached hydrogen (secondary N) is 1. The fourth-order valence-electron chi connectivity index (χ4n) is 1.38. The topological polar surface area (TPSA) is 39.7 Å². The molecule has 1 heterocycles. The normalized spacial score (nSPS) is 12.9. The third kappa shape index (κ3) is 2.53. The molecule has 0 fully saturated rings. The fraction of sp³-hybridized carbons (Fsp3) is 0.455. The molecular formula is C11H15NO3. The van der Waals surface area contributed by atoms with Gasteiger partial charge in [-0.2, -0.15) is 0 Å². The van der Waals surface area contributed by atoms with Crippen LogP contribution in [0.4, 0.5) is 0 Å². The molecule has 1 aromatic rings.